The molecular weight excluding hydrogens is 378 g/mol. The minimum atomic E-state index is -0.586. The van der Waals surface area contributed by atoms with E-state index < -0.39 is 17.3 Å². The summed E-state index contributed by atoms with van der Waals surface area (Å²) in [4.78, 5) is 24.3. The molecule has 1 amide bonds. The quantitative estimate of drug-likeness (QED) is 0.499. The number of carbonyl (C=O) groups excluding carboxylic acids is 2. The average Bonchev–Trinajstić information content (AvgIpc) is 2.58. The van der Waals surface area contributed by atoms with Crippen molar-refractivity contribution < 1.29 is 19.1 Å². The predicted molar refractivity (Wildman–Crippen MR) is 120 cm³/mol. The third kappa shape index (κ3) is 8.68. The standard InChI is InChI=1S/C25H33NO4/c1-24(2,3)29-22(27)13-9-12-21(26-23(28)30-25(4,5)6)17-18-14-15-19-10-7-8-11-20(19)16-18/h7-12,14-16,21H,13,17H2,1-6H3,(H,26,28)/b12-9+/t21-/m1/s1. The molecule has 0 aliphatic rings. The molecule has 2 aromatic rings. The van der Waals surface area contributed by atoms with Gasteiger partial charge in [-0.25, -0.2) is 4.79 Å². The van der Waals surface area contributed by atoms with E-state index in [0.717, 1.165) is 10.9 Å². The molecule has 0 aliphatic heterocycles. The van der Waals surface area contributed by atoms with Crippen LogP contribution in [0, 0.1) is 0 Å². The van der Waals surface area contributed by atoms with Crippen LogP contribution in [-0.4, -0.2) is 29.3 Å². The highest BCUT2D eigenvalue weighted by atomic mass is 16.6. The van der Waals surface area contributed by atoms with Crippen LogP contribution in [0.5, 0.6) is 0 Å². The van der Waals surface area contributed by atoms with Crippen molar-refractivity contribution in [2.45, 2.75) is 71.6 Å². The number of esters is 1. The van der Waals surface area contributed by atoms with Crippen molar-refractivity contribution in [3.05, 3.63) is 60.2 Å². The number of hydrogen-bond donors (Lipinski definition) is 1. The van der Waals surface area contributed by atoms with E-state index in [1.54, 1.807) is 6.08 Å². The first kappa shape index (κ1) is 23.5. The van der Waals surface area contributed by atoms with E-state index in [9.17, 15) is 9.59 Å². The molecule has 0 heterocycles. The number of carbonyl (C=O) groups is 2. The predicted octanol–water partition coefficient (Wildman–Crippen LogP) is 5.56. The Morgan fingerprint density at radius 2 is 1.57 bits per heavy atom. The van der Waals surface area contributed by atoms with E-state index in [4.69, 9.17) is 9.47 Å². The van der Waals surface area contributed by atoms with Gasteiger partial charge in [-0.2, -0.15) is 0 Å². The van der Waals surface area contributed by atoms with E-state index in [-0.39, 0.29) is 18.4 Å². The lowest BCUT2D eigenvalue weighted by Gasteiger charge is -2.22. The van der Waals surface area contributed by atoms with Crippen molar-refractivity contribution in [1.29, 1.82) is 0 Å². The Balaban J connectivity index is 2.12. The normalized spacial score (nSPS) is 13.3. The largest absolute Gasteiger partial charge is 0.460 e. The number of ether oxygens (including phenoxy) is 2. The van der Waals surface area contributed by atoms with Crippen LogP contribution in [0.1, 0.15) is 53.5 Å². The molecule has 5 heteroatoms. The summed E-state index contributed by atoms with van der Waals surface area (Å²) in [5.74, 6) is -0.305. The summed E-state index contributed by atoms with van der Waals surface area (Å²) in [7, 11) is 0. The highest BCUT2D eigenvalue weighted by Crippen LogP contribution is 2.17. The Morgan fingerprint density at radius 1 is 0.933 bits per heavy atom. The highest BCUT2D eigenvalue weighted by Gasteiger charge is 2.19. The SMILES string of the molecule is CC(C)(C)OC(=O)C/C=C/[C@H](Cc1ccc2ccccc2c1)NC(=O)OC(C)(C)C. The zero-order valence-corrected chi connectivity index (χ0v) is 18.8. The molecule has 5 nitrogen and oxygen atoms in total. The second-order valence-electron chi connectivity index (χ2n) is 9.36. The van der Waals surface area contributed by atoms with Gasteiger partial charge in [0.25, 0.3) is 0 Å². The van der Waals surface area contributed by atoms with Crippen LogP contribution in [0.25, 0.3) is 10.8 Å². The van der Waals surface area contributed by atoms with E-state index >= 15 is 0 Å². The molecule has 0 bridgehead atoms. The van der Waals surface area contributed by atoms with Crippen LogP contribution in [0.15, 0.2) is 54.6 Å². The average molecular weight is 412 g/mol. The summed E-state index contributed by atoms with van der Waals surface area (Å²) in [6.45, 7) is 11.0. The second-order valence-corrected chi connectivity index (χ2v) is 9.36. The maximum absolute atomic E-state index is 12.3. The minimum Gasteiger partial charge on any atom is -0.460 e. The molecule has 0 spiro atoms. The summed E-state index contributed by atoms with van der Waals surface area (Å²) >= 11 is 0. The molecule has 2 aromatic carbocycles. The minimum absolute atomic E-state index is 0.140. The molecule has 0 saturated heterocycles. The van der Waals surface area contributed by atoms with E-state index in [1.165, 1.54) is 5.39 Å². The fourth-order valence-corrected chi connectivity index (χ4v) is 2.96. The number of rotatable bonds is 6. The van der Waals surface area contributed by atoms with Crippen LogP contribution in [0.3, 0.4) is 0 Å². The van der Waals surface area contributed by atoms with Gasteiger partial charge >= 0.3 is 12.1 Å². The lowest BCUT2D eigenvalue weighted by atomic mass is 10.0. The Kier molecular flexibility index (Phi) is 7.65. The van der Waals surface area contributed by atoms with Gasteiger partial charge < -0.3 is 14.8 Å². The van der Waals surface area contributed by atoms with Crippen molar-refractivity contribution in [2.75, 3.05) is 0 Å². The van der Waals surface area contributed by atoms with Crippen molar-refractivity contribution in [2.24, 2.45) is 0 Å². The fraction of sp³-hybridized carbons (Fsp3) is 0.440. The zero-order chi connectivity index (χ0) is 22.4. The van der Waals surface area contributed by atoms with E-state index in [1.807, 2.05) is 65.8 Å². The maximum atomic E-state index is 12.3. The van der Waals surface area contributed by atoms with Gasteiger partial charge in [0, 0.05) is 0 Å². The van der Waals surface area contributed by atoms with Crippen molar-refractivity contribution in [1.82, 2.24) is 5.32 Å². The van der Waals surface area contributed by atoms with Crippen molar-refractivity contribution in [3.63, 3.8) is 0 Å². The van der Waals surface area contributed by atoms with Crippen molar-refractivity contribution >= 4 is 22.8 Å². The Hall–Kier alpha value is -2.82. The van der Waals surface area contributed by atoms with Gasteiger partial charge in [-0.1, -0.05) is 54.6 Å². The number of hydrogen-bond acceptors (Lipinski definition) is 4. The summed E-state index contributed by atoms with van der Waals surface area (Å²) in [5, 5.41) is 5.20. The van der Waals surface area contributed by atoms with Crippen molar-refractivity contribution in [3.8, 4) is 0 Å². The monoisotopic (exact) mass is 411 g/mol. The van der Waals surface area contributed by atoms with Gasteiger partial charge in [-0.05, 0) is 64.3 Å². The van der Waals surface area contributed by atoms with Gasteiger partial charge in [0.1, 0.15) is 11.2 Å². The second kappa shape index (κ2) is 9.79. The summed E-state index contributed by atoms with van der Waals surface area (Å²) < 4.78 is 10.7. The van der Waals surface area contributed by atoms with Crippen LogP contribution < -0.4 is 5.32 Å². The number of nitrogens with one attached hydrogen (secondary N) is 1. The molecule has 0 unspecified atom stereocenters. The zero-order valence-electron chi connectivity index (χ0n) is 18.8. The molecule has 1 atom stereocenters. The first-order valence-electron chi connectivity index (χ1n) is 10.3. The third-order valence-corrected chi connectivity index (χ3v) is 4.04. The molecule has 2 rings (SSSR count). The fourth-order valence-electron chi connectivity index (χ4n) is 2.96. The van der Waals surface area contributed by atoms with Gasteiger partial charge in [0.2, 0.25) is 0 Å². The summed E-state index contributed by atoms with van der Waals surface area (Å²) in [6.07, 6.45) is 3.78. The Morgan fingerprint density at radius 3 is 2.20 bits per heavy atom. The van der Waals surface area contributed by atoms with Crippen LogP contribution in [-0.2, 0) is 20.7 Å². The first-order chi connectivity index (χ1) is 13.9. The highest BCUT2D eigenvalue weighted by molar-refractivity contribution is 5.83. The number of amides is 1. The molecule has 0 radical (unpaired) electrons. The molecule has 0 fully saturated rings. The molecular formula is C25H33NO4. The molecule has 1 N–H and O–H groups in total. The van der Waals surface area contributed by atoms with E-state index in [2.05, 4.69) is 29.6 Å². The number of alkyl carbamates (subject to hydrolysis) is 1. The smallest absolute Gasteiger partial charge is 0.408 e. The van der Waals surface area contributed by atoms with Crippen LogP contribution in [0.2, 0.25) is 0 Å². The van der Waals surface area contributed by atoms with Gasteiger partial charge in [0.15, 0.2) is 0 Å². The Bertz CT molecular complexity index is 903. The van der Waals surface area contributed by atoms with Crippen LogP contribution >= 0.6 is 0 Å². The van der Waals surface area contributed by atoms with Gasteiger partial charge in [0.05, 0.1) is 12.5 Å². The van der Waals surface area contributed by atoms with E-state index in [0.29, 0.717) is 6.42 Å². The third-order valence-electron chi connectivity index (χ3n) is 4.04. The molecule has 0 aromatic heterocycles. The summed E-state index contributed by atoms with van der Waals surface area (Å²) in [5.41, 5.74) is -0.0289. The molecule has 0 saturated carbocycles. The van der Waals surface area contributed by atoms with Gasteiger partial charge in [-0.3, -0.25) is 4.79 Å². The maximum Gasteiger partial charge on any atom is 0.408 e. The molecule has 30 heavy (non-hydrogen) atoms. The van der Waals surface area contributed by atoms with Gasteiger partial charge in [-0.15, -0.1) is 0 Å². The summed E-state index contributed by atoms with van der Waals surface area (Å²) in [6, 6.07) is 14.1. The number of benzene rings is 2. The molecule has 162 valence electrons. The topological polar surface area (TPSA) is 64.6 Å². The molecule has 0 aliphatic carbocycles. The number of fused-ring (bicyclic) bond motifs is 1. The lowest BCUT2D eigenvalue weighted by Crippen LogP contribution is -2.39. The van der Waals surface area contributed by atoms with Crippen LogP contribution in [0.4, 0.5) is 4.79 Å². The lowest BCUT2D eigenvalue weighted by molar-refractivity contribution is -0.153. The Labute approximate surface area is 179 Å². The first-order valence-corrected chi connectivity index (χ1v) is 10.3.